The van der Waals surface area contributed by atoms with Gasteiger partial charge in [-0.25, -0.2) is 4.39 Å². The van der Waals surface area contributed by atoms with E-state index in [1.165, 1.54) is 6.07 Å². The van der Waals surface area contributed by atoms with Gasteiger partial charge in [0.05, 0.1) is 0 Å². The Labute approximate surface area is 108 Å². The molecule has 0 aliphatic carbocycles. The summed E-state index contributed by atoms with van der Waals surface area (Å²) in [5.74, 6) is 0.132. The summed E-state index contributed by atoms with van der Waals surface area (Å²) in [5, 5.41) is 3.96. The topological polar surface area (TPSA) is 12.0 Å². The number of nitrogens with one attached hydrogen (secondary N) is 1. The molecule has 1 aromatic rings. The average molecular weight is 258 g/mol. The van der Waals surface area contributed by atoms with Crippen LogP contribution in [0.1, 0.15) is 33.3 Å². The normalized spacial score (nSPS) is 15.0. The first-order chi connectivity index (χ1) is 7.91. The van der Waals surface area contributed by atoms with Gasteiger partial charge < -0.3 is 5.32 Å². The third-order valence-electron chi connectivity index (χ3n) is 3.04. The fraction of sp³-hybridized carbons (Fsp3) is 0.571. The summed E-state index contributed by atoms with van der Waals surface area (Å²) >= 11 is 6.02. The maximum Gasteiger partial charge on any atom is 0.127 e. The van der Waals surface area contributed by atoms with Gasteiger partial charge in [-0.1, -0.05) is 38.4 Å². The van der Waals surface area contributed by atoms with Gasteiger partial charge in [-0.05, 0) is 31.4 Å². The van der Waals surface area contributed by atoms with Gasteiger partial charge >= 0.3 is 0 Å². The molecule has 2 unspecified atom stereocenters. The van der Waals surface area contributed by atoms with Crippen molar-refractivity contribution < 1.29 is 4.39 Å². The molecule has 0 fully saturated rings. The summed E-state index contributed by atoms with van der Waals surface area (Å²) in [4.78, 5) is 0. The molecule has 0 aliphatic rings. The molecule has 1 rings (SSSR count). The van der Waals surface area contributed by atoms with E-state index in [-0.39, 0.29) is 5.82 Å². The molecule has 96 valence electrons. The zero-order chi connectivity index (χ0) is 13.0. The Morgan fingerprint density at radius 2 is 1.88 bits per heavy atom. The third kappa shape index (κ3) is 4.29. The Balaban J connectivity index is 2.70. The summed E-state index contributed by atoms with van der Waals surface area (Å²) in [6.07, 6.45) is 0.659. The lowest BCUT2D eigenvalue weighted by molar-refractivity contribution is 0.368. The number of hydrogen-bond acceptors (Lipinski definition) is 1. The first kappa shape index (κ1) is 14.5. The Hall–Kier alpha value is -0.600. The van der Waals surface area contributed by atoms with Crippen molar-refractivity contribution in [2.24, 2.45) is 5.92 Å². The first-order valence-corrected chi connectivity index (χ1v) is 6.48. The molecule has 1 nitrogen and oxygen atoms in total. The fourth-order valence-corrected chi connectivity index (χ4v) is 2.16. The molecule has 2 atom stereocenters. The maximum atomic E-state index is 13.6. The SMILES string of the molecule is CC(C)NC(C)C(C)Cc1c(F)cccc1Cl. The summed E-state index contributed by atoms with van der Waals surface area (Å²) in [7, 11) is 0. The summed E-state index contributed by atoms with van der Waals surface area (Å²) in [6, 6.07) is 5.62. The van der Waals surface area contributed by atoms with Crippen LogP contribution in [0, 0.1) is 11.7 Å². The third-order valence-corrected chi connectivity index (χ3v) is 3.39. The van der Waals surface area contributed by atoms with E-state index >= 15 is 0 Å². The highest BCUT2D eigenvalue weighted by atomic mass is 35.5. The number of rotatable bonds is 5. The molecule has 17 heavy (non-hydrogen) atoms. The molecular formula is C14H21ClFN. The highest BCUT2D eigenvalue weighted by Gasteiger charge is 2.17. The van der Waals surface area contributed by atoms with Crippen LogP contribution >= 0.6 is 11.6 Å². The highest BCUT2D eigenvalue weighted by Crippen LogP contribution is 2.23. The molecule has 0 radical (unpaired) electrons. The molecule has 0 amide bonds. The second-order valence-electron chi connectivity index (χ2n) is 4.99. The van der Waals surface area contributed by atoms with Gasteiger partial charge in [0.15, 0.2) is 0 Å². The van der Waals surface area contributed by atoms with Gasteiger partial charge in [-0.2, -0.15) is 0 Å². The zero-order valence-corrected chi connectivity index (χ0v) is 11.7. The molecule has 0 saturated carbocycles. The van der Waals surface area contributed by atoms with Crippen LogP contribution in [0.15, 0.2) is 18.2 Å². The van der Waals surface area contributed by atoms with Crippen molar-refractivity contribution in [3.8, 4) is 0 Å². The van der Waals surface area contributed by atoms with Crippen molar-refractivity contribution in [1.29, 1.82) is 0 Å². The van der Waals surface area contributed by atoms with Crippen molar-refractivity contribution in [2.75, 3.05) is 0 Å². The van der Waals surface area contributed by atoms with Gasteiger partial charge in [0.1, 0.15) is 5.82 Å². The van der Waals surface area contributed by atoms with Gasteiger partial charge in [-0.15, -0.1) is 0 Å². The molecule has 0 saturated heterocycles. The predicted molar refractivity (Wildman–Crippen MR) is 72.0 cm³/mol. The second kappa shape index (κ2) is 6.36. The van der Waals surface area contributed by atoms with E-state index in [1.54, 1.807) is 12.1 Å². The Kier molecular flexibility index (Phi) is 5.41. The van der Waals surface area contributed by atoms with Crippen molar-refractivity contribution in [2.45, 2.75) is 46.2 Å². The van der Waals surface area contributed by atoms with Crippen molar-refractivity contribution in [3.63, 3.8) is 0 Å². The largest absolute Gasteiger partial charge is 0.312 e. The Morgan fingerprint density at radius 3 is 2.41 bits per heavy atom. The van der Waals surface area contributed by atoms with Crippen LogP contribution in [-0.4, -0.2) is 12.1 Å². The van der Waals surface area contributed by atoms with Crippen LogP contribution in [0.5, 0.6) is 0 Å². The van der Waals surface area contributed by atoms with Gasteiger partial charge in [0.2, 0.25) is 0 Å². The molecule has 0 heterocycles. The molecular weight excluding hydrogens is 237 g/mol. The smallest absolute Gasteiger partial charge is 0.127 e. The van der Waals surface area contributed by atoms with Gasteiger partial charge in [0.25, 0.3) is 0 Å². The first-order valence-electron chi connectivity index (χ1n) is 6.10. The minimum absolute atomic E-state index is 0.207. The lowest BCUT2D eigenvalue weighted by Gasteiger charge is -2.24. The van der Waals surface area contributed by atoms with E-state index in [2.05, 4.69) is 33.0 Å². The zero-order valence-electron chi connectivity index (χ0n) is 10.9. The summed E-state index contributed by atoms with van der Waals surface area (Å²) < 4.78 is 13.6. The van der Waals surface area contributed by atoms with Crippen LogP contribution in [0.2, 0.25) is 5.02 Å². The van der Waals surface area contributed by atoms with Crippen LogP contribution in [-0.2, 0) is 6.42 Å². The van der Waals surface area contributed by atoms with Crippen molar-refractivity contribution in [1.82, 2.24) is 5.32 Å². The molecule has 0 bridgehead atoms. The van der Waals surface area contributed by atoms with E-state index < -0.39 is 0 Å². The second-order valence-corrected chi connectivity index (χ2v) is 5.40. The van der Waals surface area contributed by atoms with Crippen LogP contribution in [0.4, 0.5) is 4.39 Å². The van der Waals surface area contributed by atoms with E-state index in [1.807, 2.05) is 0 Å². The molecule has 0 aromatic heterocycles. The summed E-state index contributed by atoms with van der Waals surface area (Å²) in [5.41, 5.74) is 0.624. The van der Waals surface area contributed by atoms with Crippen molar-refractivity contribution >= 4 is 11.6 Å². The van der Waals surface area contributed by atoms with Crippen LogP contribution in [0.25, 0.3) is 0 Å². The van der Waals surface area contributed by atoms with Crippen LogP contribution < -0.4 is 5.32 Å². The van der Waals surface area contributed by atoms with E-state index in [9.17, 15) is 4.39 Å². The Morgan fingerprint density at radius 1 is 1.24 bits per heavy atom. The molecule has 3 heteroatoms. The lowest BCUT2D eigenvalue weighted by atomic mass is 9.94. The minimum atomic E-state index is -0.207. The number of benzene rings is 1. The summed E-state index contributed by atoms with van der Waals surface area (Å²) in [6.45, 7) is 8.46. The van der Waals surface area contributed by atoms with Gasteiger partial charge in [0, 0.05) is 22.7 Å². The maximum absolute atomic E-state index is 13.6. The Bertz CT molecular complexity index is 345. The van der Waals surface area contributed by atoms with E-state index in [0.29, 0.717) is 35.0 Å². The molecule has 1 aromatic carbocycles. The minimum Gasteiger partial charge on any atom is -0.312 e. The lowest BCUT2D eigenvalue weighted by Crippen LogP contribution is -2.37. The quantitative estimate of drug-likeness (QED) is 0.839. The average Bonchev–Trinajstić information content (AvgIpc) is 2.22. The number of hydrogen-bond donors (Lipinski definition) is 1. The standard InChI is InChI=1S/C14H21ClFN/c1-9(2)17-11(4)10(3)8-12-13(15)6-5-7-14(12)16/h5-7,9-11,17H,8H2,1-4H3. The molecule has 0 spiro atoms. The van der Waals surface area contributed by atoms with Crippen LogP contribution in [0.3, 0.4) is 0 Å². The number of halogens is 2. The van der Waals surface area contributed by atoms with E-state index in [0.717, 1.165) is 0 Å². The fourth-order valence-electron chi connectivity index (χ4n) is 1.92. The van der Waals surface area contributed by atoms with Gasteiger partial charge in [-0.3, -0.25) is 0 Å². The molecule has 0 aliphatic heterocycles. The van der Waals surface area contributed by atoms with Crippen molar-refractivity contribution in [3.05, 3.63) is 34.6 Å². The predicted octanol–water partition coefficient (Wildman–Crippen LogP) is 4.04. The molecule has 1 N–H and O–H groups in total. The monoisotopic (exact) mass is 257 g/mol. The van der Waals surface area contributed by atoms with E-state index in [4.69, 9.17) is 11.6 Å². The highest BCUT2D eigenvalue weighted by molar-refractivity contribution is 6.31.